The van der Waals surface area contributed by atoms with Crippen molar-refractivity contribution in [2.45, 2.75) is 48.3 Å². The molecule has 0 aromatic heterocycles. The number of benzene rings is 2. The first-order valence-electron chi connectivity index (χ1n) is 9.58. The minimum Gasteiger partial charge on any atom is -0.210 e. The van der Waals surface area contributed by atoms with Crippen LogP contribution in [0.4, 0.5) is 0 Å². The molecule has 0 spiro atoms. The monoisotopic (exact) mass is 420 g/mol. The molecule has 0 saturated carbocycles. The van der Waals surface area contributed by atoms with Crippen molar-refractivity contribution in [1.29, 1.82) is 0 Å². The van der Waals surface area contributed by atoms with Gasteiger partial charge < -0.3 is 0 Å². The topological polar surface area (TPSA) is 92.3 Å². The Morgan fingerprint density at radius 3 is 1.43 bits per heavy atom. The smallest absolute Gasteiger partial charge is 0.210 e. The van der Waals surface area contributed by atoms with Crippen molar-refractivity contribution in [3.63, 3.8) is 0 Å². The molecule has 0 aliphatic heterocycles. The Morgan fingerprint density at radius 1 is 0.607 bits per heavy atom. The zero-order valence-corrected chi connectivity index (χ0v) is 17.2. The number of aryl methyl sites for hydroxylation is 4. The van der Waals surface area contributed by atoms with Gasteiger partial charge in [-0.25, -0.2) is 26.3 Å². The van der Waals surface area contributed by atoms with Gasteiger partial charge in [0.15, 0.2) is 0 Å². The molecule has 0 radical (unpaired) electrons. The van der Waals surface area contributed by atoms with Crippen LogP contribution in [0.2, 0.25) is 0 Å². The van der Waals surface area contributed by atoms with Crippen molar-refractivity contribution in [3.05, 3.63) is 58.7 Å². The second-order valence-corrected chi connectivity index (χ2v) is 10.9. The van der Waals surface area contributed by atoms with Crippen LogP contribution in [0.25, 0.3) is 0 Å². The molecule has 0 heterocycles. The molecular formula is C20H24N2O4S2. The van der Waals surface area contributed by atoms with Gasteiger partial charge >= 0.3 is 0 Å². The van der Waals surface area contributed by atoms with Gasteiger partial charge in [0.2, 0.25) is 20.0 Å². The second kappa shape index (κ2) is 7.59. The molecule has 0 unspecified atom stereocenters. The molecule has 0 fully saturated rings. The van der Waals surface area contributed by atoms with Crippen LogP contribution in [0, 0.1) is 0 Å². The predicted molar refractivity (Wildman–Crippen MR) is 107 cm³/mol. The van der Waals surface area contributed by atoms with Crippen LogP contribution in [0.1, 0.15) is 35.1 Å². The molecule has 0 amide bonds. The Balaban J connectivity index is 1.36. The molecule has 8 heteroatoms. The predicted octanol–water partition coefficient (Wildman–Crippen LogP) is 1.92. The maximum absolute atomic E-state index is 12.5. The minimum atomic E-state index is -3.66. The molecule has 0 bridgehead atoms. The number of fused-ring (bicyclic) bond motifs is 2. The molecule has 28 heavy (non-hydrogen) atoms. The van der Waals surface area contributed by atoms with E-state index in [-0.39, 0.29) is 22.9 Å². The van der Waals surface area contributed by atoms with Gasteiger partial charge in [-0.15, -0.1) is 0 Å². The minimum absolute atomic E-state index is 0.0103. The fraction of sp³-hybridized carbons (Fsp3) is 0.400. The molecule has 4 rings (SSSR count). The summed E-state index contributed by atoms with van der Waals surface area (Å²) in [4.78, 5) is 0.462. The van der Waals surface area contributed by atoms with Crippen molar-refractivity contribution >= 4 is 20.0 Å². The molecule has 2 aromatic rings. The van der Waals surface area contributed by atoms with Gasteiger partial charge in [-0.2, -0.15) is 0 Å². The average Bonchev–Trinajstić information content (AvgIpc) is 3.32. The van der Waals surface area contributed by atoms with Crippen LogP contribution in [0.15, 0.2) is 46.2 Å². The number of nitrogens with one attached hydrogen (secondary N) is 2. The third kappa shape index (κ3) is 4.00. The van der Waals surface area contributed by atoms with Crippen LogP contribution in [0.3, 0.4) is 0 Å². The standard InChI is InChI=1S/C20H24N2O4S2/c23-27(24,19-9-7-15-3-1-5-17(15)13-19)21-11-12-22-28(25,26)20-10-8-16-4-2-6-18(16)14-20/h7-10,13-14,21-22H,1-6,11-12H2. The third-order valence-electron chi connectivity index (χ3n) is 5.47. The lowest BCUT2D eigenvalue weighted by atomic mass is 10.1. The van der Waals surface area contributed by atoms with Crippen molar-refractivity contribution < 1.29 is 16.8 Å². The van der Waals surface area contributed by atoms with E-state index in [0.29, 0.717) is 0 Å². The molecular weight excluding hydrogens is 396 g/mol. The number of sulfonamides is 2. The third-order valence-corrected chi connectivity index (χ3v) is 8.39. The van der Waals surface area contributed by atoms with Gasteiger partial charge in [-0.1, -0.05) is 12.1 Å². The molecule has 150 valence electrons. The Labute approximate surface area is 166 Å². The van der Waals surface area contributed by atoms with E-state index < -0.39 is 20.0 Å². The largest absolute Gasteiger partial charge is 0.240 e. The molecule has 2 aromatic carbocycles. The Morgan fingerprint density at radius 2 is 1.00 bits per heavy atom. The van der Waals surface area contributed by atoms with Crippen molar-refractivity contribution in [3.8, 4) is 0 Å². The molecule has 0 atom stereocenters. The van der Waals surface area contributed by atoms with E-state index in [9.17, 15) is 16.8 Å². The summed E-state index contributed by atoms with van der Waals surface area (Å²) in [5.74, 6) is 0. The van der Waals surface area contributed by atoms with E-state index in [2.05, 4.69) is 9.44 Å². The Hall–Kier alpha value is -1.74. The lowest BCUT2D eigenvalue weighted by Gasteiger charge is -2.10. The maximum atomic E-state index is 12.5. The van der Waals surface area contributed by atoms with Crippen LogP contribution in [0.5, 0.6) is 0 Å². The highest BCUT2D eigenvalue weighted by molar-refractivity contribution is 7.89. The second-order valence-electron chi connectivity index (χ2n) is 7.36. The number of hydrogen-bond donors (Lipinski definition) is 2. The summed E-state index contributed by atoms with van der Waals surface area (Å²) >= 11 is 0. The summed E-state index contributed by atoms with van der Waals surface area (Å²) in [5.41, 5.74) is 4.59. The van der Waals surface area contributed by atoms with Gasteiger partial charge in [0.25, 0.3) is 0 Å². The van der Waals surface area contributed by atoms with Crippen LogP contribution in [-0.2, 0) is 45.7 Å². The zero-order valence-electron chi connectivity index (χ0n) is 15.6. The summed E-state index contributed by atoms with van der Waals surface area (Å²) in [6.07, 6.45) is 5.90. The highest BCUT2D eigenvalue weighted by Crippen LogP contribution is 2.25. The van der Waals surface area contributed by atoms with Crippen molar-refractivity contribution in [2.24, 2.45) is 0 Å². The first kappa shape index (κ1) is 19.6. The van der Waals surface area contributed by atoms with Crippen molar-refractivity contribution in [2.75, 3.05) is 13.1 Å². The van der Waals surface area contributed by atoms with Gasteiger partial charge in [0.1, 0.15) is 0 Å². The number of hydrogen-bond acceptors (Lipinski definition) is 4. The lowest BCUT2D eigenvalue weighted by molar-refractivity contribution is 0.570. The van der Waals surface area contributed by atoms with Gasteiger partial charge in [0.05, 0.1) is 9.79 Å². The lowest BCUT2D eigenvalue weighted by Crippen LogP contribution is -2.34. The molecule has 2 N–H and O–H groups in total. The fourth-order valence-electron chi connectivity index (χ4n) is 3.97. The van der Waals surface area contributed by atoms with E-state index in [1.807, 2.05) is 12.1 Å². The molecule has 6 nitrogen and oxygen atoms in total. The van der Waals surface area contributed by atoms with Gasteiger partial charge in [0, 0.05) is 13.1 Å². The van der Waals surface area contributed by atoms with E-state index in [4.69, 9.17) is 0 Å². The summed E-state index contributed by atoms with van der Waals surface area (Å²) < 4.78 is 54.8. The average molecular weight is 421 g/mol. The highest BCUT2D eigenvalue weighted by atomic mass is 32.2. The van der Waals surface area contributed by atoms with Crippen LogP contribution >= 0.6 is 0 Å². The van der Waals surface area contributed by atoms with Gasteiger partial charge in [-0.3, -0.25) is 0 Å². The summed E-state index contributed by atoms with van der Waals surface area (Å²) in [7, 11) is -7.31. The fourth-order valence-corrected chi connectivity index (χ4v) is 6.13. The van der Waals surface area contributed by atoms with E-state index >= 15 is 0 Å². The first-order chi connectivity index (χ1) is 13.4. The summed E-state index contributed by atoms with van der Waals surface area (Å²) in [5, 5.41) is 0. The van der Waals surface area contributed by atoms with Crippen molar-refractivity contribution in [1.82, 2.24) is 9.44 Å². The number of rotatable bonds is 7. The maximum Gasteiger partial charge on any atom is 0.240 e. The van der Waals surface area contributed by atoms with Crippen LogP contribution < -0.4 is 9.44 Å². The molecule has 0 saturated heterocycles. The Bertz CT molecular complexity index is 1020. The quantitative estimate of drug-likeness (QED) is 0.670. The van der Waals surface area contributed by atoms with Crippen LogP contribution in [-0.4, -0.2) is 29.9 Å². The van der Waals surface area contributed by atoms with Gasteiger partial charge in [-0.05, 0) is 85.0 Å². The van der Waals surface area contributed by atoms with E-state index in [1.54, 1.807) is 24.3 Å². The molecule has 2 aliphatic carbocycles. The summed E-state index contributed by atoms with van der Waals surface area (Å²) in [6.45, 7) is -0.0207. The SMILES string of the molecule is O=S(=O)(NCCNS(=O)(=O)c1ccc2c(c1)CCC2)c1ccc2c(c1)CCC2. The first-order valence-corrected chi connectivity index (χ1v) is 12.5. The molecule has 2 aliphatic rings. The van der Waals surface area contributed by atoms with E-state index in [1.165, 1.54) is 11.1 Å². The van der Waals surface area contributed by atoms with E-state index in [0.717, 1.165) is 49.7 Å². The zero-order chi connectivity index (χ0) is 19.8. The normalized spacial score (nSPS) is 16.1. The summed E-state index contributed by atoms with van der Waals surface area (Å²) in [6, 6.07) is 10.4. The Kier molecular flexibility index (Phi) is 5.30. The highest BCUT2D eigenvalue weighted by Gasteiger charge is 2.20.